The van der Waals surface area contributed by atoms with Crippen LogP contribution in [0.15, 0.2) is 47.5 Å². The molecule has 1 amide bonds. The number of methoxy groups -OCH3 is 1. The van der Waals surface area contributed by atoms with Crippen molar-refractivity contribution in [3.05, 3.63) is 59.4 Å². The highest BCUT2D eigenvalue weighted by Gasteiger charge is 2.11. The van der Waals surface area contributed by atoms with Crippen molar-refractivity contribution in [2.75, 3.05) is 34.4 Å². The second-order valence-corrected chi connectivity index (χ2v) is 6.61. The number of nitrogens with zero attached hydrogens (tertiary/aromatic N) is 2. The minimum atomic E-state index is -0.259. The molecule has 0 radical (unpaired) electrons. The Morgan fingerprint density at radius 3 is 2.60 bits per heavy atom. The molecule has 2 aromatic carbocycles. The molecule has 0 aliphatic carbocycles. The topological polar surface area (TPSA) is 75.2 Å². The van der Waals surface area contributed by atoms with Gasteiger partial charge in [-0.25, -0.2) is 4.39 Å². The fourth-order valence-corrected chi connectivity index (χ4v) is 2.88. The van der Waals surface area contributed by atoms with Crippen molar-refractivity contribution >= 4 is 11.9 Å². The van der Waals surface area contributed by atoms with Gasteiger partial charge in [0, 0.05) is 33.7 Å². The van der Waals surface area contributed by atoms with Crippen LogP contribution in [0.1, 0.15) is 18.1 Å². The Balaban J connectivity index is 1.96. The summed E-state index contributed by atoms with van der Waals surface area (Å²) in [5.41, 5.74) is 1.81. The van der Waals surface area contributed by atoms with Crippen molar-refractivity contribution in [2.24, 2.45) is 4.99 Å². The number of rotatable bonds is 9. The molecule has 0 aliphatic heterocycles. The van der Waals surface area contributed by atoms with E-state index in [1.807, 2.05) is 37.1 Å². The zero-order valence-electron chi connectivity index (χ0n) is 17.9. The summed E-state index contributed by atoms with van der Waals surface area (Å²) in [6, 6.07) is 12.0. The van der Waals surface area contributed by atoms with Gasteiger partial charge in [0.15, 0.2) is 24.1 Å². The summed E-state index contributed by atoms with van der Waals surface area (Å²) in [4.78, 5) is 17.8. The lowest BCUT2D eigenvalue weighted by molar-refractivity contribution is -0.123. The SMILES string of the molecule is CCNC(=O)COc1ccc(CNC(=NC)N(C)Cc2cccc(F)c2)cc1OC. The Morgan fingerprint density at radius 2 is 1.93 bits per heavy atom. The average Bonchev–Trinajstić information content (AvgIpc) is 2.73. The van der Waals surface area contributed by atoms with Crippen LogP contribution < -0.4 is 20.1 Å². The van der Waals surface area contributed by atoms with Crippen molar-refractivity contribution in [3.63, 3.8) is 0 Å². The number of aliphatic imine (C=N–C) groups is 1. The van der Waals surface area contributed by atoms with Gasteiger partial charge in [0.1, 0.15) is 5.82 Å². The van der Waals surface area contributed by atoms with Gasteiger partial charge in [-0.2, -0.15) is 0 Å². The van der Waals surface area contributed by atoms with Gasteiger partial charge in [-0.05, 0) is 42.3 Å². The van der Waals surface area contributed by atoms with Crippen LogP contribution in [0.3, 0.4) is 0 Å². The van der Waals surface area contributed by atoms with Gasteiger partial charge < -0.3 is 25.0 Å². The Bertz CT molecular complexity index is 873. The predicted octanol–water partition coefficient (Wildman–Crippen LogP) is 2.56. The lowest BCUT2D eigenvalue weighted by Crippen LogP contribution is -2.38. The third-order valence-corrected chi connectivity index (χ3v) is 4.29. The molecule has 0 aromatic heterocycles. The van der Waals surface area contributed by atoms with E-state index in [9.17, 15) is 9.18 Å². The lowest BCUT2D eigenvalue weighted by Gasteiger charge is -2.22. The Hall–Kier alpha value is -3.29. The number of nitrogens with one attached hydrogen (secondary N) is 2. The highest BCUT2D eigenvalue weighted by atomic mass is 19.1. The van der Waals surface area contributed by atoms with Gasteiger partial charge in [-0.3, -0.25) is 9.79 Å². The van der Waals surface area contributed by atoms with Crippen LogP contribution in [-0.4, -0.2) is 51.1 Å². The van der Waals surface area contributed by atoms with E-state index in [-0.39, 0.29) is 18.3 Å². The highest BCUT2D eigenvalue weighted by molar-refractivity contribution is 5.79. The number of hydrogen-bond acceptors (Lipinski definition) is 4. The molecule has 0 atom stereocenters. The molecule has 2 aromatic rings. The van der Waals surface area contributed by atoms with Crippen molar-refractivity contribution in [1.82, 2.24) is 15.5 Å². The molecule has 7 nitrogen and oxygen atoms in total. The van der Waals surface area contributed by atoms with Gasteiger partial charge in [0.2, 0.25) is 0 Å². The second kappa shape index (κ2) is 11.6. The molecule has 2 N–H and O–H groups in total. The van der Waals surface area contributed by atoms with Crippen LogP contribution in [0, 0.1) is 5.82 Å². The molecule has 0 saturated heterocycles. The number of benzene rings is 2. The Morgan fingerprint density at radius 1 is 1.13 bits per heavy atom. The first kappa shape index (κ1) is 23.0. The maximum atomic E-state index is 13.4. The molecular weight excluding hydrogens is 387 g/mol. The average molecular weight is 416 g/mol. The normalized spacial score (nSPS) is 11.0. The van der Waals surface area contributed by atoms with E-state index in [1.54, 1.807) is 26.3 Å². The quantitative estimate of drug-likeness (QED) is 0.485. The number of carbonyl (C=O) groups excluding carboxylic acids is 1. The van der Waals surface area contributed by atoms with Crippen LogP contribution in [0.5, 0.6) is 11.5 Å². The first-order valence-corrected chi connectivity index (χ1v) is 9.69. The molecule has 162 valence electrons. The van der Waals surface area contributed by atoms with E-state index in [1.165, 1.54) is 12.1 Å². The number of amides is 1. The molecule has 0 heterocycles. The predicted molar refractivity (Wildman–Crippen MR) is 115 cm³/mol. The third-order valence-electron chi connectivity index (χ3n) is 4.29. The summed E-state index contributed by atoms with van der Waals surface area (Å²) < 4.78 is 24.3. The Labute approximate surface area is 176 Å². The molecule has 0 aliphatic rings. The first-order valence-electron chi connectivity index (χ1n) is 9.69. The molecule has 2 rings (SSSR count). The minimum Gasteiger partial charge on any atom is -0.493 e. The van der Waals surface area contributed by atoms with Crippen molar-refractivity contribution < 1.29 is 18.7 Å². The van der Waals surface area contributed by atoms with E-state index in [0.717, 1.165) is 11.1 Å². The molecule has 30 heavy (non-hydrogen) atoms. The van der Waals surface area contributed by atoms with E-state index in [4.69, 9.17) is 9.47 Å². The molecule has 0 bridgehead atoms. The summed E-state index contributed by atoms with van der Waals surface area (Å²) in [7, 11) is 5.14. The maximum Gasteiger partial charge on any atom is 0.257 e. The van der Waals surface area contributed by atoms with Gasteiger partial charge in [0.25, 0.3) is 5.91 Å². The summed E-state index contributed by atoms with van der Waals surface area (Å²) in [6.45, 7) is 3.36. The van der Waals surface area contributed by atoms with Crippen molar-refractivity contribution in [1.29, 1.82) is 0 Å². The van der Waals surface area contributed by atoms with Gasteiger partial charge in [-0.1, -0.05) is 18.2 Å². The smallest absolute Gasteiger partial charge is 0.257 e. The summed E-state index contributed by atoms with van der Waals surface area (Å²) >= 11 is 0. The van der Waals surface area contributed by atoms with Crippen LogP contribution in [-0.2, 0) is 17.9 Å². The standard InChI is InChI=1S/C22H29FN4O3/c1-5-25-21(28)15-30-19-10-9-16(12-20(19)29-4)13-26-22(24-2)27(3)14-17-7-6-8-18(23)11-17/h6-12H,5,13-15H2,1-4H3,(H,24,26)(H,25,28). The fourth-order valence-electron chi connectivity index (χ4n) is 2.88. The number of hydrogen-bond donors (Lipinski definition) is 2. The molecule has 0 spiro atoms. The fraction of sp³-hybridized carbons (Fsp3) is 0.364. The monoisotopic (exact) mass is 416 g/mol. The summed E-state index contributed by atoms with van der Waals surface area (Å²) in [6.07, 6.45) is 0. The van der Waals surface area contributed by atoms with Crippen LogP contribution in [0.4, 0.5) is 4.39 Å². The number of carbonyl (C=O) groups is 1. The van der Waals surface area contributed by atoms with E-state index < -0.39 is 0 Å². The van der Waals surface area contributed by atoms with Crippen LogP contribution in [0.2, 0.25) is 0 Å². The number of likely N-dealkylation sites (N-methyl/N-ethyl adjacent to an activating group) is 1. The van der Waals surface area contributed by atoms with E-state index in [0.29, 0.717) is 37.1 Å². The second-order valence-electron chi connectivity index (χ2n) is 6.61. The summed E-state index contributed by atoms with van der Waals surface area (Å²) in [5, 5.41) is 5.96. The molecule has 0 fully saturated rings. The van der Waals surface area contributed by atoms with E-state index >= 15 is 0 Å². The van der Waals surface area contributed by atoms with Crippen LogP contribution >= 0.6 is 0 Å². The van der Waals surface area contributed by atoms with Crippen molar-refractivity contribution in [3.8, 4) is 11.5 Å². The minimum absolute atomic E-state index is 0.0701. The number of ether oxygens (including phenoxy) is 2. The highest BCUT2D eigenvalue weighted by Crippen LogP contribution is 2.28. The lowest BCUT2D eigenvalue weighted by atomic mass is 10.2. The first-order chi connectivity index (χ1) is 14.5. The number of guanidine groups is 1. The van der Waals surface area contributed by atoms with Crippen molar-refractivity contribution in [2.45, 2.75) is 20.0 Å². The molecule has 0 saturated carbocycles. The summed E-state index contributed by atoms with van der Waals surface area (Å²) in [5.74, 6) is 1.28. The number of halogens is 1. The van der Waals surface area contributed by atoms with E-state index in [2.05, 4.69) is 15.6 Å². The van der Waals surface area contributed by atoms with Gasteiger partial charge >= 0.3 is 0 Å². The van der Waals surface area contributed by atoms with Crippen LogP contribution in [0.25, 0.3) is 0 Å². The van der Waals surface area contributed by atoms with Gasteiger partial charge in [-0.15, -0.1) is 0 Å². The molecular formula is C22H29FN4O3. The molecule has 0 unspecified atom stereocenters. The van der Waals surface area contributed by atoms with Gasteiger partial charge in [0.05, 0.1) is 7.11 Å². The Kier molecular flexibility index (Phi) is 8.93. The maximum absolute atomic E-state index is 13.4. The zero-order chi connectivity index (χ0) is 21.9. The molecule has 8 heteroatoms. The largest absolute Gasteiger partial charge is 0.493 e. The zero-order valence-corrected chi connectivity index (χ0v) is 17.9. The third kappa shape index (κ3) is 6.95.